The van der Waals surface area contributed by atoms with Crippen LogP contribution in [0.5, 0.6) is 5.88 Å². The Hall–Kier alpha value is -2.73. The molecule has 0 saturated heterocycles. The van der Waals surface area contributed by atoms with E-state index in [1.165, 1.54) is 21.5 Å². The number of hydrogen-bond donors (Lipinski definition) is 0. The fraction of sp³-hybridized carbons (Fsp3) is 0.0625. The number of nitrogens with zero attached hydrogens (tertiary/aromatic N) is 4. The van der Waals surface area contributed by atoms with E-state index >= 15 is 0 Å². The van der Waals surface area contributed by atoms with E-state index in [0.717, 1.165) is 5.56 Å². The highest BCUT2D eigenvalue weighted by atomic mass is 35.5. The summed E-state index contributed by atoms with van der Waals surface area (Å²) < 4.78 is 16.8. The minimum Gasteiger partial charge on any atom is -0.837 e. The van der Waals surface area contributed by atoms with Gasteiger partial charge in [0, 0.05) is 10.9 Å². The zero-order valence-electron chi connectivity index (χ0n) is 12.0. The molecule has 0 amide bonds. The van der Waals surface area contributed by atoms with Gasteiger partial charge < -0.3 is 5.11 Å². The van der Waals surface area contributed by atoms with Gasteiger partial charge in [0.2, 0.25) is 0 Å². The summed E-state index contributed by atoms with van der Waals surface area (Å²) in [5.41, 5.74) is 1.79. The van der Waals surface area contributed by atoms with Gasteiger partial charge in [-0.25, -0.2) is 9.37 Å². The minimum atomic E-state index is -0.434. The predicted octanol–water partition coefficient (Wildman–Crippen LogP) is 2.33. The van der Waals surface area contributed by atoms with Gasteiger partial charge in [-0.15, -0.1) is 4.68 Å². The molecule has 0 atom stereocenters. The summed E-state index contributed by atoms with van der Waals surface area (Å²) in [6.07, 6.45) is 1.45. The van der Waals surface area contributed by atoms with Crippen LogP contribution in [0.4, 0.5) is 4.39 Å². The summed E-state index contributed by atoms with van der Waals surface area (Å²) in [5, 5.41) is 17.9. The highest BCUT2D eigenvalue weighted by molar-refractivity contribution is 6.29. The Morgan fingerprint density at radius 2 is 2.04 bits per heavy atom. The van der Waals surface area contributed by atoms with Gasteiger partial charge in [-0.3, -0.25) is 0 Å². The average Bonchev–Trinajstić information content (AvgIpc) is 2.86. The first-order valence-electron chi connectivity index (χ1n) is 6.88. The zero-order valence-corrected chi connectivity index (χ0v) is 12.8. The molecule has 114 valence electrons. The molecule has 0 saturated carbocycles. The molecule has 0 aliphatic heterocycles. The van der Waals surface area contributed by atoms with Crippen molar-refractivity contribution in [1.29, 1.82) is 0 Å². The Morgan fingerprint density at radius 3 is 2.78 bits per heavy atom. The zero-order chi connectivity index (χ0) is 16.1. The molecule has 3 heterocycles. The second kappa shape index (κ2) is 4.89. The normalized spacial score (nSPS) is 11.4. The van der Waals surface area contributed by atoms with E-state index in [1.54, 1.807) is 37.3 Å². The second-order valence-corrected chi connectivity index (χ2v) is 5.60. The van der Waals surface area contributed by atoms with Gasteiger partial charge in [-0.1, -0.05) is 28.2 Å². The lowest BCUT2D eigenvalue weighted by atomic mass is 10.1. The molecule has 3 aromatic heterocycles. The highest BCUT2D eigenvalue weighted by Gasteiger charge is 2.21. The maximum atomic E-state index is 14.2. The minimum absolute atomic E-state index is 0.269. The van der Waals surface area contributed by atoms with Crippen molar-refractivity contribution in [3.63, 3.8) is 0 Å². The lowest BCUT2D eigenvalue weighted by Gasteiger charge is -2.03. The number of halogens is 2. The van der Waals surface area contributed by atoms with E-state index in [-0.39, 0.29) is 11.4 Å². The number of aryl methyl sites for hydroxylation is 1. The summed E-state index contributed by atoms with van der Waals surface area (Å²) >= 11 is 5.77. The number of pyridine rings is 2. The van der Waals surface area contributed by atoms with Crippen LogP contribution in [-0.2, 0) is 0 Å². The van der Waals surface area contributed by atoms with Gasteiger partial charge >= 0.3 is 0 Å². The van der Waals surface area contributed by atoms with Crippen molar-refractivity contribution in [2.24, 2.45) is 0 Å². The van der Waals surface area contributed by atoms with Gasteiger partial charge in [0.1, 0.15) is 16.2 Å². The molecule has 0 bridgehead atoms. The fourth-order valence-electron chi connectivity index (χ4n) is 2.69. The maximum Gasteiger partial charge on any atom is 0.199 e. The van der Waals surface area contributed by atoms with Crippen molar-refractivity contribution < 1.29 is 14.0 Å². The van der Waals surface area contributed by atoms with Crippen LogP contribution in [0.15, 0.2) is 42.6 Å². The third-order valence-corrected chi connectivity index (χ3v) is 3.94. The third kappa shape index (κ3) is 2.03. The number of hydrogen-bond acceptors (Lipinski definition) is 3. The topological polar surface area (TPSA) is 57.9 Å². The fourth-order valence-corrected chi connectivity index (χ4v) is 2.81. The highest BCUT2D eigenvalue weighted by Crippen LogP contribution is 2.24. The number of rotatable bonds is 1. The van der Waals surface area contributed by atoms with E-state index < -0.39 is 5.82 Å². The van der Waals surface area contributed by atoms with Crippen LogP contribution in [0.2, 0.25) is 5.15 Å². The maximum absolute atomic E-state index is 14.2. The van der Waals surface area contributed by atoms with Crippen LogP contribution in [0, 0.1) is 12.7 Å². The molecule has 0 N–H and O–H groups in total. The van der Waals surface area contributed by atoms with Crippen molar-refractivity contribution in [2.45, 2.75) is 6.92 Å². The summed E-state index contributed by atoms with van der Waals surface area (Å²) in [6.45, 7) is 1.80. The lowest BCUT2D eigenvalue weighted by Crippen LogP contribution is -2.27. The van der Waals surface area contributed by atoms with Crippen LogP contribution in [0.1, 0.15) is 5.56 Å². The number of benzene rings is 1. The van der Waals surface area contributed by atoms with Crippen LogP contribution in [0.3, 0.4) is 0 Å². The molecule has 23 heavy (non-hydrogen) atoms. The molecule has 0 radical (unpaired) electrons. The van der Waals surface area contributed by atoms with Crippen molar-refractivity contribution in [3.05, 3.63) is 59.1 Å². The van der Waals surface area contributed by atoms with Crippen molar-refractivity contribution in [2.75, 3.05) is 0 Å². The molecule has 4 aromatic rings. The van der Waals surface area contributed by atoms with Crippen molar-refractivity contribution in [1.82, 2.24) is 14.9 Å². The predicted molar refractivity (Wildman–Crippen MR) is 81.2 cm³/mol. The summed E-state index contributed by atoms with van der Waals surface area (Å²) in [5.74, 6) is -0.770. The van der Waals surface area contributed by atoms with E-state index in [0.29, 0.717) is 21.7 Å². The Morgan fingerprint density at radius 1 is 1.22 bits per heavy atom. The van der Waals surface area contributed by atoms with E-state index in [4.69, 9.17) is 11.6 Å². The van der Waals surface area contributed by atoms with E-state index in [2.05, 4.69) is 10.2 Å². The van der Waals surface area contributed by atoms with Gasteiger partial charge in [-0.05, 0) is 31.2 Å². The quantitative estimate of drug-likeness (QED) is 0.398. The van der Waals surface area contributed by atoms with Crippen molar-refractivity contribution >= 4 is 28.0 Å². The lowest BCUT2D eigenvalue weighted by molar-refractivity contribution is -0.557. The van der Waals surface area contributed by atoms with Crippen LogP contribution >= 0.6 is 11.6 Å². The first-order valence-corrected chi connectivity index (χ1v) is 7.26. The molecule has 0 spiro atoms. The molecular weight excluding hydrogens is 319 g/mol. The Bertz CT molecular complexity index is 1060. The number of fused-ring (bicyclic) bond motifs is 3. The van der Waals surface area contributed by atoms with E-state index in [9.17, 15) is 9.50 Å². The summed E-state index contributed by atoms with van der Waals surface area (Å²) in [7, 11) is 0. The SMILES string of the molecule is Cc1cc2cccc(F)c2[n+]2nn(-c3ccc(Cl)nc3)c([O-])c12. The van der Waals surface area contributed by atoms with Crippen LogP contribution < -0.4 is 9.62 Å². The smallest absolute Gasteiger partial charge is 0.199 e. The van der Waals surface area contributed by atoms with Gasteiger partial charge in [0.15, 0.2) is 22.5 Å². The Kier molecular flexibility index (Phi) is 2.96. The molecule has 0 aliphatic carbocycles. The number of aromatic nitrogens is 4. The van der Waals surface area contributed by atoms with Crippen LogP contribution in [0.25, 0.3) is 22.1 Å². The van der Waals surface area contributed by atoms with Crippen molar-refractivity contribution in [3.8, 4) is 11.6 Å². The molecule has 5 nitrogen and oxygen atoms in total. The number of para-hydroxylation sites is 1. The van der Waals surface area contributed by atoms with Crippen LogP contribution in [-0.4, -0.2) is 14.9 Å². The summed E-state index contributed by atoms with van der Waals surface area (Å²) in [4.78, 5) is 3.95. The van der Waals surface area contributed by atoms with Gasteiger partial charge in [-0.2, -0.15) is 0 Å². The molecule has 0 aliphatic rings. The Labute approximate surface area is 135 Å². The van der Waals surface area contributed by atoms with Gasteiger partial charge in [0.25, 0.3) is 0 Å². The standard InChI is InChI=1S/C16H10ClFN4O/c1-9-7-10-3-2-4-12(18)15(10)22-14(9)16(23)21(20-22)11-5-6-13(17)19-8-11/h2-8H,1H3. The Balaban J connectivity index is 2.13. The summed E-state index contributed by atoms with van der Waals surface area (Å²) in [6, 6.07) is 9.74. The third-order valence-electron chi connectivity index (χ3n) is 3.72. The first-order chi connectivity index (χ1) is 11.1. The molecular formula is C16H10ClFN4O. The molecule has 0 unspecified atom stereocenters. The van der Waals surface area contributed by atoms with Gasteiger partial charge in [0.05, 0.1) is 6.20 Å². The largest absolute Gasteiger partial charge is 0.837 e. The average molecular weight is 329 g/mol. The molecule has 4 rings (SSSR count). The first kappa shape index (κ1) is 13.9. The molecule has 1 aromatic carbocycles. The molecule has 0 fully saturated rings. The second-order valence-electron chi connectivity index (χ2n) is 5.21. The monoisotopic (exact) mass is 328 g/mol. The van der Waals surface area contributed by atoms with E-state index in [1.807, 2.05) is 0 Å². The molecule has 7 heteroatoms.